The van der Waals surface area contributed by atoms with E-state index in [1.54, 1.807) is 9.13 Å². The summed E-state index contributed by atoms with van der Waals surface area (Å²) in [6, 6.07) is 6.34. The van der Waals surface area contributed by atoms with E-state index in [0.717, 1.165) is 17.0 Å². The first-order chi connectivity index (χ1) is 8.59. The second kappa shape index (κ2) is 4.26. The summed E-state index contributed by atoms with van der Waals surface area (Å²) >= 11 is 3.80. The maximum Gasteiger partial charge on any atom is 0.328 e. The number of benzene rings is 1. The highest BCUT2D eigenvalue weighted by Gasteiger charge is 2.26. The van der Waals surface area contributed by atoms with Crippen LogP contribution in [0.1, 0.15) is 29.7 Å². The molecule has 1 unspecified atom stereocenters. The highest BCUT2D eigenvalue weighted by molar-refractivity contribution is 9.09. The summed E-state index contributed by atoms with van der Waals surface area (Å²) in [4.78, 5) is 12.3. The Hall–Kier alpha value is -1.03. The van der Waals surface area contributed by atoms with Gasteiger partial charge < -0.3 is 0 Å². The Morgan fingerprint density at radius 2 is 1.89 bits per heavy atom. The Morgan fingerprint density at radius 3 is 2.50 bits per heavy atom. The van der Waals surface area contributed by atoms with Gasteiger partial charge >= 0.3 is 5.69 Å². The minimum absolute atomic E-state index is 0.0388. The van der Waals surface area contributed by atoms with Crippen LogP contribution in [0.25, 0.3) is 11.0 Å². The van der Waals surface area contributed by atoms with Gasteiger partial charge in [-0.15, -0.1) is 0 Å². The van der Waals surface area contributed by atoms with Crippen LogP contribution in [0.3, 0.4) is 0 Å². The van der Waals surface area contributed by atoms with Crippen LogP contribution >= 0.6 is 15.9 Å². The lowest BCUT2D eigenvalue weighted by Gasteiger charge is -2.30. The maximum atomic E-state index is 11.9. The molecule has 3 nitrogen and oxygen atoms in total. The van der Waals surface area contributed by atoms with E-state index in [4.69, 9.17) is 0 Å². The zero-order chi connectivity index (χ0) is 12.9. The SMILES string of the molecule is Cn1c(=O)n(C)c2cc(C(Br)C3CCC3)ccc21. The fourth-order valence-electron chi connectivity index (χ4n) is 2.70. The summed E-state index contributed by atoms with van der Waals surface area (Å²) in [5.74, 6) is 0.753. The number of hydrogen-bond acceptors (Lipinski definition) is 1. The predicted molar refractivity (Wildman–Crippen MR) is 77.2 cm³/mol. The van der Waals surface area contributed by atoms with E-state index < -0.39 is 0 Å². The average Bonchev–Trinajstić information content (AvgIpc) is 2.52. The zero-order valence-corrected chi connectivity index (χ0v) is 12.3. The third-order valence-electron chi connectivity index (χ3n) is 4.18. The van der Waals surface area contributed by atoms with E-state index in [-0.39, 0.29) is 5.69 Å². The number of aromatic nitrogens is 2. The highest BCUT2D eigenvalue weighted by atomic mass is 79.9. The van der Waals surface area contributed by atoms with Gasteiger partial charge in [-0.3, -0.25) is 9.13 Å². The monoisotopic (exact) mass is 308 g/mol. The van der Waals surface area contributed by atoms with E-state index in [9.17, 15) is 4.79 Å². The summed E-state index contributed by atoms with van der Waals surface area (Å²) in [5, 5.41) is 0. The minimum atomic E-state index is 0.0388. The lowest BCUT2D eigenvalue weighted by atomic mass is 9.81. The Kier molecular flexibility index (Phi) is 2.85. The van der Waals surface area contributed by atoms with Crippen molar-refractivity contribution in [2.24, 2.45) is 20.0 Å². The first-order valence-corrected chi connectivity index (χ1v) is 7.30. The van der Waals surface area contributed by atoms with E-state index in [0.29, 0.717) is 4.83 Å². The molecule has 0 aliphatic heterocycles. The molecule has 1 aromatic carbocycles. The Labute approximate surface area is 115 Å². The number of nitrogens with zero attached hydrogens (tertiary/aromatic N) is 2. The van der Waals surface area contributed by atoms with Gasteiger partial charge in [0.25, 0.3) is 0 Å². The molecule has 3 rings (SSSR count). The van der Waals surface area contributed by atoms with Gasteiger partial charge in [-0.2, -0.15) is 0 Å². The number of halogens is 1. The standard InChI is InChI=1S/C14H17BrN2O/c1-16-11-7-6-10(13(15)9-4-3-5-9)8-12(11)17(2)14(16)18/h6-9,13H,3-5H2,1-2H3. The zero-order valence-electron chi connectivity index (χ0n) is 10.7. The number of rotatable bonds is 2. The molecule has 0 N–H and O–H groups in total. The van der Waals surface area contributed by atoms with Crippen molar-refractivity contribution in [2.45, 2.75) is 24.1 Å². The summed E-state index contributed by atoms with van der Waals surface area (Å²) in [5.41, 5.74) is 3.34. The van der Waals surface area contributed by atoms with Gasteiger partial charge in [-0.05, 0) is 36.5 Å². The van der Waals surface area contributed by atoms with Gasteiger partial charge in [-0.25, -0.2) is 4.79 Å². The van der Waals surface area contributed by atoms with Crippen LogP contribution in [0.4, 0.5) is 0 Å². The van der Waals surface area contributed by atoms with Crippen LogP contribution in [0.15, 0.2) is 23.0 Å². The number of imidazole rings is 1. The molecule has 1 atom stereocenters. The molecule has 1 aromatic heterocycles. The van der Waals surface area contributed by atoms with Crippen LogP contribution in [0.2, 0.25) is 0 Å². The van der Waals surface area contributed by atoms with Crippen LogP contribution < -0.4 is 5.69 Å². The second-order valence-electron chi connectivity index (χ2n) is 5.24. The molecule has 0 radical (unpaired) electrons. The predicted octanol–water partition coefficient (Wildman–Crippen LogP) is 3.11. The summed E-state index contributed by atoms with van der Waals surface area (Å²) in [6.45, 7) is 0. The molecule has 1 saturated carbocycles. The molecule has 0 spiro atoms. The van der Waals surface area contributed by atoms with Crippen molar-refractivity contribution in [3.05, 3.63) is 34.2 Å². The minimum Gasteiger partial charge on any atom is -0.295 e. The molecule has 0 amide bonds. The molecular formula is C14H17BrN2O. The van der Waals surface area contributed by atoms with E-state index >= 15 is 0 Å². The Balaban J connectivity index is 2.10. The van der Waals surface area contributed by atoms with Crippen LogP contribution in [0, 0.1) is 5.92 Å². The number of aryl methyl sites for hydroxylation is 2. The van der Waals surface area contributed by atoms with Gasteiger partial charge in [0.05, 0.1) is 11.0 Å². The molecule has 4 heteroatoms. The van der Waals surface area contributed by atoms with Crippen molar-refractivity contribution in [2.75, 3.05) is 0 Å². The molecule has 96 valence electrons. The molecule has 1 aliphatic rings. The molecular weight excluding hydrogens is 292 g/mol. The number of hydrogen-bond donors (Lipinski definition) is 0. The molecule has 18 heavy (non-hydrogen) atoms. The summed E-state index contributed by atoms with van der Waals surface area (Å²) < 4.78 is 3.42. The third kappa shape index (κ3) is 1.66. The quantitative estimate of drug-likeness (QED) is 0.783. The van der Waals surface area contributed by atoms with Gasteiger partial charge in [0, 0.05) is 18.9 Å². The molecule has 1 aliphatic carbocycles. The van der Waals surface area contributed by atoms with E-state index in [1.165, 1.54) is 24.8 Å². The molecule has 0 saturated heterocycles. The van der Waals surface area contributed by atoms with Crippen molar-refractivity contribution >= 4 is 27.0 Å². The first-order valence-electron chi connectivity index (χ1n) is 6.39. The van der Waals surface area contributed by atoms with Gasteiger partial charge in [0.15, 0.2) is 0 Å². The third-order valence-corrected chi connectivity index (χ3v) is 5.45. The van der Waals surface area contributed by atoms with Gasteiger partial charge in [-0.1, -0.05) is 28.4 Å². The van der Waals surface area contributed by atoms with Gasteiger partial charge in [0.2, 0.25) is 0 Å². The van der Waals surface area contributed by atoms with Crippen LogP contribution in [-0.4, -0.2) is 9.13 Å². The lowest BCUT2D eigenvalue weighted by Crippen LogP contribution is -2.19. The first kappa shape index (κ1) is 12.0. The van der Waals surface area contributed by atoms with Crippen molar-refractivity contribution in [3.8, 4) is 0 Å². The largest absolute Gasteiger partial charge is 0.328 e. The molecule has 1 heterocycles. The lowest BCUT2D eigenvalue weighted by molar-refractivity contribution is 0.312. The number of alkyl halides is 1. The summed E-state index contributed by atoms with van der Waals surface area (Å²) in [6.07, 6.45) is 3.96. The fourth-order valence-corrected chi connectivity index (χ4v) is 3.51. The molecule has 1 fully saturated rings. The topological polar surface area (TPSA) is 26.9 Å². The number of fused-ring (bicyclic) bond motifs is 1. The molecule has 2 aromatic rings. The Morgan fingerprint density at radius 1 is 1.22 bits per heavy atom. The molecule has 0 bridgehead atoms. The van der Waals surface area contributed by atoms with Crippen molar-refractivity contribution in [3.63, 3.8) is 0 Å². The highest BCUT2D eigenvalue weighted by Crippen LogP contribution is 2.43. The maximum absolute atomic E-state index is 11.9. The Bertz CT molecular complexity index is 652. The smallest absolute Gasteiger partial charge is 0.295 e. The van der Waals surface area contributed by atoms with Crippen molar-refractivity contribution < 1.29 is 0 Å². The second-order valence-corrected chi connectivity index (χ2v) is 6.23. The average molecular weight is 309 g/mol. The van der Waals surface area contributed by atoms with Gasteiger partial charge in [0.1, 0.15) is 0 Å². The fraction of sp³-hybridized carbons (Fsp3) is 0.500. The van der Waals surface area contributed by atoms with Crippen LogP contribution in [-0.2, 0) is 14.1 Å². The van der Waals surface area contributed by atoms with Crippen LogP contribution in [0.5, 0.6) is 0 Å². The summed E-state index contributed by atoms with van der Waals surface area (Å²) in [7, 11) is 3.66. The van der Waals surface area contributed by atoms with Crippen molar-refractivity contribution in [1.29, 1.82) is 0 Å². The van der Waals surface area contributed by atoms with E-state index in [2.05, 4.69) is 34.1 Å². The van der Waals surface area contributed by atoms with E-state index in [1.807, 2.05) is 14.1 Å². The van der Waals surface area contributed by atoms with Crippen molar-refractivity contribution in [1.82, 2.24) is 9.13 Å². The normalized spacial score (nSPS) is 17.9.